The number of methoxy groups -OCH3 is 1. The number of hydrogen-bond acceptors (Lipinski definition) is 5. The summed E-state index contributed by atoms with van der Waals surface area (Å²) >= 11 is 7.55. The second-order valence-electron chi connectivity index (χ2n) is 7.01. The number of carbonyl (C=O) groups excluding carboxylic acids is 1. The Morgan fingerprint density at radius 2 is 1.97 bits per heavy atom. The number of nitrogens with zero attached hydrogens (tertiary/aromatic N) is 3. The quantitative estimate of drug-likeness (QED) is 0.313. The van der Waals surface area contributed by atoms with E-state index in [0.29, 0.717) is 5.02 Å². The highest BCUT2D eigenvalue weighted by Gasteiger charge is 2.14. The lowest BCUT2D eigenvalue weighted by atomic mass is 10.1. The number of ether oxygens (including phenoxy) is 1. The van der Waals surface area contributed by atoms with Crippen molar-refractivity contribution in [2.24, 2.45) is 0 Å². The smallest absolute Gasteiger partial charge is 0.234 e. The van der Waals surface area contributed by atoms with E-state index in [9.17, 15) is 4.79 Å². The van der Waals surface area contributed by atoms with Crippen molar-refractivity contribution >= 4 is 40.6 Å². The molecule has 0 atom stereocenters. The van der Waals surface area contributed by atoms with Gasteiger partial charge in [0.1, 0.15) is 10.8 Å². The number of rotatable bonds is 6. The van der Waals surface area contributed by atoms with Crippen LogP contribution in [0.1, 0.15) is 11.3 Å². The van der Waals surface area contributed by atoms with Gasteiger partial charge in [-0.2, -0.15) is 5.10 Å². The van der Waals surface area contributed by atoms with E-state index < -0.39 is 0 Å². The Balaban J connectivity index is 1.56. The van der Waals surface area contributed by atoms with Crippen LogP contribution in [0.5, 0.6) is 5.75 Å². The number of benzene rings is 2. The molecule has 0 aliphatic rings. The first-order chi connectivity index (χ1) is 15.0. The normalized spacial score (nSPS) is 11.0. The molecule has 0 bridgehead atoms. The molecule has 6 nitrogen and oxygen atoms in total. The lowest BCUT2D eigenvalue weighted by Crippen LogP contribution is -2.15. The number of nitrogens with one attached hydrogen (secondary N) is 1. The van der Waals surface area contributed by atoms with Crippen LogP contribution < -0.4 is 10.1 Å². The Bertz CT molecular complexity index is 1250. The lowest BCUT2D eigenvalue weighted by molar-refractivity contribution is -0.113. The van der Waals surface area contributed by atoms with Gasteiger partial charge in [-0.1, -0.05) is 41.6 Å². The van der Waals surface area contributed by atoms with Crippen molar-refractivity contribution in [3.05, 3.63) is 71.0 Å². The molecule has 31 heavy (non-hydrogen) atoms. The topological polar surface area (TPSA) is 68.5 Å². The largest absolute Gasteiger partial charge is 0.497 e. The Hall–Kier alpha value is -3.03. The Labute approximate surface area is 189 Å². The van der Waals surface area contributed by atoms with Crippen LogP contribution in [0.2, 0.25) is 5.02 Å². The fourth-order valence-electron chi connectivity index (χ4n) is 3.20. The molecule has 4 rings (SSSR count). The van der Waals surface area contributed by atoms with Crippen LogP contribution in [0.15, 0.2) is 59.8 Å². The van der Waals surface area contributed by atoms with Gasteiger partial charge < -0.3 is 10.1 Å². The van der Waals surface area contributed by atoms with Gasteiger partial charge in [0.15, 0.2) is 5.65 Å². The average molecular weight is 453 g/mol. The molecule has 0 spiro atoms. The Kier molecular flexibility index (Phi) is 6.15. The summed E-state index contributed by atoms with van der Waals surface area (Å²) in [5, 5.41) is 8.92. The second kappa shape index (κ2) is 8.99. The lowest BCUT2D eigenvalue weighted by Gasteiger charge is -2.10. The molecular formula is C23H21ClN4O2S. The van der Waals surface area contributed by atoms with Crippen LogP contribution in [-0.2, 0) is 4.79 Å². The molecule has 2 aromatic carbocycles. The number of thioether (sulfide) groups is 1. The summed E-state index contributed by atoms with van der Waals surface area (Å²) < 4.78 is 7.01. The van der Waals surface area contributed by atoms with Crippen molar-refractivity contribution in [2.75, 3.05) is 18.2 Å². The van der Waals surface area contributed by atoms with Gasteiger partial charge >= 0.3 is 0 Å². The van der Waals surface area contributed by atoms with Crippen molar-refractivity contribution in [2.45, 2.75) is 18.9 Å². The van der Waals surface area contributed by atoms with Gasteiger partial charge in [-0.25, -0.2) is 9.50 Å². The minimum absolute atomic E-state index is 0.111. The van der Waals surface area contributed by atoms with Gasteiger partial charge in [-0.05, 0) is 55.3 Å². The Morgan fingerprint density at radius 1 is 1.19 bits per heavy atom. The van der Waals surface area contributed by atoms with Gasteiger partial charge in [0.25, 0.3) is 0 Å². The molecule has 8 heteroatoms. The van der Waals surface area contributed by atoms with E-state index in [1.165, 1.54) is 11.8 Å². The SMILES string of the molecule is COc1ccc(-c2cnn3c(SCC(=O)Nc4cccc(Cl)c4C)cc(C)nc23)cc1. The van der Waals surface area contributed by atoms with E-state index in [1.807, 2.05) is 56.3 Å². The van der Waals surface area contributed by atoms with Crippen molar-refractivity contribution in [1.29, 1.82) is 0 Å². The van der Waals surface area contributed by atoms with Crippen LogP contribution in [0, 0.1) is 13.8 Å². The molecule has 1 amide bonds. The minimum Gasteiger partial charge on any atom is -0.497 e. The zero-order valence-corrected chi connectivity index (χ0v) is 18.9. The standard InChI is InChI=1S/C23H21ClN4O2S/c1-14-11-22(31-13-21(29)27-20-6-4-5-19(24)15(20)2)28-23(26-14)18(12-25-28)16-7-9-17(30-3)10-8-16/h4-12H,13H2,1-3H3,(H,27,29). The summed E-state index contributed by atoms with van der Waals surface area (Å²) in [5.74, 6) is 0.921. The van der Waals surface area contributed by atoms with Crippen LogP contribution in [0.3, 0.4) is 0 Å². The minimum atomic E-state index is -0.111. The van der Waals surface area contributed by atoms with Crippen molar-refractivity contribution < 1.29 is 9.53 Å². The van der Waals surface area contributed by atoms with Gasteiger partial charge in [-0.15, -0.1) is 0 Å². The monoisotopic (exact) mass is 452 g/mol. The molecule has 0 saturated carbocycles. The number of carbonyl (C=O) groups is 1. The highest BCUT2D eigenvalue weighted by molar-refractivity contribution is 7.99. The number of aromatic nitrogens is 3. The maximum Gasteiger partial charge on any atom is 0.234 e. The van der Waals surface area contributed by atoms with Crippen molar-refractivity contribution in [3.63, 3.8) is 0 Å². The first-order valence-electron chi connectivity index (χ1n) is 9.64. The Morgan fingerprint density at radius 3 is 2.71 bits per heavy atom. The van der Waals surface area contributed by atoms with Crippen LogP contribution in [0.4, 0.5) is 5.69 Å². The second-order valence-corrected chi connectivity index (χ2v) is 8.41. The van der Waals surface area contributed by atoms with Crippen molar-refractivity contribution in [1.82, 2.24) is 14.6 Å². The predicted octanol–water partition coefficient (Wildman–Crippen LogP) is 5.41. The molecule has 1 N–H and O–H groups in total. The summed E-state index contributed by atoms with van der Waals surface area (Å²) in [6.07, 6.45) is 1.79. The van der Waals surface area contributed by atoms with Crippen molar-refractivity contribution in [3.8, 4) is 16.9 Å². The fraction of sp³-hybridized carbons (Fsp3) is 0.174. The third-order valence-electron chi connectivity index (χ3n) is 4.86. The molecule has 0 fully saturated rings. The molecule has 4 aromatic rings. The van der Waals surface area contributed by atoms with Gasteiger partial charge in [0.2, 0.25) is 5.91 Å². The van der Waals surface area contributed by atoms with E-state index in [-0.39, 0.29) is 11.7 Å². The summed E-state index contributed by atoms with van der Waals surface area (Å²) in [4.78, 5) is 17.2. The van der Waals surface area contributed by atoms with Gasteiger partial charge in [0.05, 0.1) is 19.1 Å². The number of aryl methyl sites for hydroxylation is 1. The zero-order chi connectivity index (χ0) is 22.0. The van der Waals surface area contributed by atoms with E-state index in [4.69, 9.17) is 16.3 Å². The van der Waals surface area contributed by atoms with E-state index in [0.717, 1.165) is 44.5 Å². The number of amides is 1. The first kappa shape index (κ1) is 21.2. The maximum atomic E-state index is 12.5. The third-order valence-corrected chi connectivity index (χ3v) is 6.26. The molecule has 0 aliphatic heterocycles. The van der Waals surface area contributed by atoms with Crippen LogP contribution in [0.25, 0.3) is 16.8 Å². The molecule has 0 aliphatic carbocycles. The first-order valence-corrected chi connectivity index (χ1v) is 11.0. The third kappa shape index (κ3) is 4.52. The van der Waals surface area contributed by atoms with E-state index in [2.05, 4.69) is 15.4 Å². The molecule has 2 heterocycles. The van der Waals surface area contributed by atoms with Crippen LogP contribution >= 0.6 is 23.4 Å². The summed E-state index contributed by atoms with van der Waals surface area (Å²) in [7, 11) is 1.64. The molecule has 0 radical (unpaired) electrons. The number of hydrogen-bond donors (Lipinski definition) is 1. The van der Waals surface area contributed by atoms with Gasteiger partial charge in [0, 0.05) is 22.0 Å². The highest BCUT2D eigenvalue weighted by Crippen LogP contribution is 2.29. The fourth-order valence-corrected chi connectivity index (χ4v) is 4.23. The predicted molar refractivity (Wildman–Crippen MR) is 125 cm³/mol. The molecule has 158 valence electrons. The summed E-state index contributed by atoms with van der Waals surface area (Å²) in [5.41, 5.74) is 5.09. The summed E-state index contributed by atoms with van der Waals surface area (Å²) in [6, 6.07) is 15.2. The van der Waals surface area contributed by atoms with E-state index in [1.54, 1.807) is 23.9 Å². The molecule has 2 aromatic heterocycles. The average Bonchev–Trinajstić information content (AvgIpc) is 3.19. The maximum absolute atomic E-state index is 12.5. The van der Waals surface area contributed by atoms with Gasteiger partial charge in [-0.3, -0.25) is 4.79 Å². The highest BCUT2D eigenvalue weighted by atomic mass is 35.5. The number of anilines is 1. The summed E-state index contributed by atoms with van der Waals surface area (Å²) in [6.45, 7) is 3.82. The zero-order valence-electron chi connectivity index (χ0n) is 17.3. The van der Waals surface area contributed by atoms with Crippen LogP contribution in [-0.4, -0.2) is 33.4 Å². The number of halogens is 1. The number of fused-ring (bicyclic) bond motifs is 1. The molecule has 0 unspecified atom stereocenters. The molecule has 0 saturated heterocycles. The van der Waals surface area contributed by atoms with E-state index >= 15 is 0 Å². The molecular weight excluding hydrogens is 432 g/mol.